The number of carbonyl (C=O) groups excluding carboxylic acids is 3. The second kappa shape index (κ2) is 12.5. The Bertz CT molecular complexity index is 1170. The maximum atomic E-state index is 12.9. The number of piperidine rings is 1. The van der Waals surface area contributed by atoms with Gasteiger partial charge in [-0.15, -0.1) is 0 Å². The number of Topliss-reactive ketones (excluding diaryl/α,β-unsaturated/α-hetero) is 1. The number of hydrogen-bond acceptors (Lipinski definition) is 6. The van der Waals surface area contributed by atoms with Crippen LogP contribution in [0.4, 0.5) is 13.2 Å². The van der Waals surface area contributed by atoms with Crippen LogP contribution in [0.3, 0.4) is 0 Å². The van der Waals surface area contributed by atoms with Gasteiger partial charge in [0.2, 0.25) is 6.29 Å². The molecule has 0 saturated carbocycles. The van der Waals surface area contributed by atoms with Gasteiger partial charge in [0, 0.05) is 48.5 Å². The van der Waals surface area contributed by atoms with E-state index in [2.05, 4.69) is 10.2 Å². The molecule has 2 aromatic rings. The number of rotatable bonds is 8. The molecule has 0 bridgehead atoms. The minimum atomic E-state index is -4.64. The van der Waals surface area contributed by atoms with Crippen molar-refractivity contribution in [2.45, 2.75) is 51.4 Å². The van der Waals surface area contributed by atoms with Crippen molar-refractivity contribution in [1.29, 1.82) is 0 Å². The topological polar surface area (TPSA) is 106 Å². The third-order valence-electron chi connectivity index (χ3n) is 5.79. The highest BCUT2D eigenvalue weighted by atomic mass is 32.2. The molecule has 1 N–H and O–H groups in total. The van der Waals surface area contributed by atoms with Gasteiger partial charge in [-0.05, 0) is 45.7 Å². The van der Waals surface area contributed by atoms with Gasteiger partial charge in [0.25, 0.3) is 11.7 Å². The molecule has 1 aromatic heterocycles. The first-order chi connectivity index (χ1) is 16.7. The average Bonchev–Trinajstić information content (AvgIpc) is 3.19. The smallest absolute Gasteiger partial charge is 0.346 e. The lowest BCUT2D eigenvalue weighted by atomic mass is 10.0. The lowest BCUT2D eigenvalue weighted by Gasteiger charge is -2.32. The Morgan fingerprint density at radius 3 is 2.28 bits per heavy atom. The number of nitrogens with one attached hydrogen (secondary N) is 1. The Morgan fingerprint density at radius 2 is 1.75 bits per heavy atom. The molecular formula is C24H32F3N3O5S. The summed E-state index contributed by atoms with van der Waals surface area (Å²) in [5.74, 6) is -0.860. The second-order valence-electron chi connectivity index (χ2n) is 9.12. The number of ketones is 1. The van der Waals surface area contributed by atoms with Crippen molar-refractivity contribution in [1.82, 2.24) is 14.8 Å². The van der Waals surface area contributed by atoms with Crippen LogP contribution < -0.4 is 5.32 Å². The van der Waals surface area contributed by atoms with Gasteiger partial charge in [-0.3, -0.25) is 14.4 Å². The maximum absolute atomic E-state index is 12.9. The summed E-state index contributed by atoms with van der Waals surface area (Å²) in [6.45, 7) is 6.40. The highest BCUT2D eigenvalue weighted by Gasteiger charge is 2.27. The molecule has 1 aliphatic rings. The highest BCUT2D eigenvalue weighted by Crippen LogP contribution is 2.25. The zero-order valence-corrected chi connectivity index (χ0v) is 21.4. The van der Waals surface area contributed by atoms with Gasteiger partial charge in [0.05, 0.1) is 11.3 Å². The van der Waals surface area contributed by atoms with Crippen LogP contribution in [0.25, 0.3) is 10.9 Å². The minimum absolute atomic E-state index is 0.0361. The Morgan fingerprint density at radius 1 is 1.17 bits per heavy atom. The number of aldehydes is 1. The third-order valence-corrected chi connectivity index (χ3v) is 6.82. The van der Waals surface area contributed by atoms with Crippen LogP contribution in [-0.2, 0) is 19.4 Å². The van der Waals surface area contributed by atoms with Crippen LogP contribution in [0, 0.1) is 0 Å². The fourth-order valence-corrected chi connectivity index (χ4v) is 4.69. The normalized spacial score (nSPS) is 15.4. The molecule has 200 valence electrons. The largest absolute Gasteiger partial charge is 0.446 e. The molecule has 1 saturated heterocycles. The van der Waals surface area contributed by atoms with Crippen molar-refractivity contribution in [3.8, 4) is 0 Å². The van der Waals surface area contributed by atoms with Gasteiger partial charge < -0.3 is 14.8 Å². The Hall–Kier alpha value is -2.73. The standard InChI is InChI=1S/C22H31N3O4S.C2HF3O/c1-16(2)25-15-19(18-7-4-5-8-20(18)25)21(26)22(27)23-17-9-12-24(13-10-17)11-6-14-30(3,28)29;3-2(4,5)1-6/h4-5,7-8,15-17H,6,9-14H2,1-3H3,(H,23,27);1H. The second-order valence-corrected chi connectivity index (χ2v) is 11.4. The first kappa shape index (κ1) is 29.5. The summed E-state index contributed by atoms with van der Waals surface area (Å²) in [6.07, 6.45) is -0.537. The van der Waals surface area contributed by atoms with Crippen LogP contribution in [0.2, 0.25) is 0 Å². The molecule has 3 rings (SSSR count). The molecular weight excluding hydrogens is 499 g/mol. The molecule has 0 spiro atoms. The number of para-hydroxylation sites is 1. The predicted molar refractivity (Wildman–Crippen MR) is 131 cm³/mol. The molecule has 0 radical (unpaired) electrons. The van der Waals surface area contributed by atoms with Crippen molar-refractivity contribution in [3.05, 3.63) is 36.0 Å². The van der Waals surface area contributed by atoms with Crippen LogP contribution >= 0.6 is 0 Å². The number of carbonyl (C=O) groups is 3. The number of hydrogen-bond donors (Lipinski definition) is 1. The van der Waals surface area contributed by atoms with Crippen LogP contribution in [-0.4, -0.2) is 79.7 Å². The summed E-state index contributed by atoms with van der Waals surface area (Å²) in [5.41, 5.74) is 1.39. The molecule has 12 heteroatoms. The lowest BCUT2D eigenvalue weighted by Crippen LogP contribution is -2.46. The fraction of sp³-hybridized carbons (Fsp3) is 0.542. The predicted octanol–water partition coefficient (Wildman–Crippen LogP) is 3.17. The van der Waals surface area contributed by atoms with Gasteiger partial charge in [-0.1, -0.05) is 18.2 Å². The summed E-state index contributed by atoms with van der Waals surface area (Å²) in [5, 5.41) is 3.70. The summed E-state index contributed by atoms with van der Waals surface area (Å²) in [6, 6.07) is 7.80. The van der Waals surface area contributed by atoms with E-state index in [0.29, 0.717) is 12.0 Å². The van der Waals surface area contributed by atoms with E-state index >= 15 is 0 Å². The highest BCUT2D eigenvalue weighted by molar-refractivity contribution is 7.90. The molecule has 1 fully saturated rings. The Labute approximate surface area is 208 Å². The van der Waals surface area contributed by atoms with Gasteiger partial charge in [-0.25, -0.2) is 8.42 Å². The molecule has 36 heavy (non-hydrogen) atoms. The van der Waals surface area contributed by atoms with Crippen molar-refractivity contribution >= 4 is 38.7 Å². The van der Waals surface area contributed by atoms with Crippen molar-refractivity contribution in [2.75, 3.05) is 31.6 Å². The number of aromatic nitrogens is 1. The molecule has 0 unspecified atom stereocenters. The number of likely N-dealkylation sites (tertiary alicyclic amines) is 1. The number of amides is 1. The van der Waals surface area contributed by atoms with E-state index in [9.17, 15) is 31.2 Å². The zero-order valence-electron chi connectivity index (χ0n) is 20.5. The van der Waals surface area contributed by atoms with E-state index in [1.807, 2.05) is 42.7 Å². The number of nitrogens with zero attached hydrogens (tertiary/aromatic N) is 2. The van der Waals surface area contributed by atoms with Crippen LogP contribution in [0.1, 0.15) is 49.5 Å². The lowest BCUT2D eigenvalue weighted by molar-refractivity contribution is -0.156. The summed E-state index contributed by atoms with van der Waals surface area (Å²) in [4.78, 5) is 36.4. The number of alkyl halides is 3. The maximum Gasteiger partial charge on any atom is 0.446 e. The van der Waals surface area contributed by atoms with E-state index in [1.165, 1.54) is 6.26 Å². The van der Waals surface area contributed by atoms with E-state index in [1.54, 1.807) is 6.20 Å². The monoisotopic (exact) mass is 531 g/mol. The Kier molecular flexibility index (Phi) is 10.2. The van der Waals surface area contributed by atoms with Crippen molar-refractivity contribution in [2.24, 2.45) is 0 Å². The molecule has 1 aromatic carbocycles. The van der Waals surface area contributed by atoms with Gasteiger partial charge in [0.1, 0.15) is 9.84 Å². The van der Waals surface area contributed by atoms with E-state index < -0.39 is 34.0 Å². The van der Waals surface area contributed by atoms with E-state index in [-0.39, 0.29) is 17.8 Å². The van der Waals surface area contributed by atoms with Gasteiger partial charge in [-0.2, -0.15) is 13.2 Å². The average molecular weight is 532 g/mol. The van der Waals surface area contributed by atoms with Crippen molar-refractivity contribution in [3.63, 3.8) is 0 Å². The number of halogens is 3. The molecule has 2 heterocycles. The van der Waals surface area contributed by atoms with Gasteiger partial charge in [0.15, 0.2) is 0 Å². The SMILES string of the molecule is CC(C)n1cc(C(=O)C(=O)NC2CCN(CCCS(C)(=O)=O)CC2)c2ccccc21.O=CC(F)(F)F. The van der Waals surface area contributed by atoms with Crippen LogP contribution in [0.5, 0.6) is 0 Å². The third kappa shape index (κ3) is 9.05. The quantitative estimate of drug-likeness (QED) is 0.319. The summed E-state index contributed by atoms with van der Waals surface area (Å²) >= 11 is 0. The first-order valence-corrected chi connectivity index (χ1v) is 13.7. The van der Waals surface area contributed by atoms with Crippen molar-refractivity contribution < 1.29 is 36.0 Å². The van der Waals surface area contributed by atoms with Crippen LogP contribution in [0.15, 0.2) is 30.5 Å². The summed E-state index contributed by atoms with van der Waals surface area (Å²) in [7, 11) is -2.93. The zero-order chi connectivity index (χ0) is 27.1. The number of fused-ring (bicyclic) bond motifs is 1. The first-order valence-electron chi connectivity index (χ1n) is 11.6. The fourth-order valence-electron chi connectivity index (χ4n) is 4.04. The van der Waals surface area contributed by atoms with E-state index in [4.69, 9.17) is 4.79 Å². The number of sulfone groups is 1. The van der Waals surface area contributed by atoms with Gasteiger partial charge >= 0.3 is 6.18 Å². The molecule has 0 atom stereocenters. The Balaban J connectivity index is 0.000000678. The van der Waals surface area contributed by atoms with E-state index in [0.717, 1.165) is 43.4 Å². The summed E-state index contributed by atoms with van der Waals surface area (Å²) < 4.78 is 55.8. The number of benzene rings is 1. The molecule has 1 aliphatic heterocycles. The molecule has 8 nitrogen and oxygen atoms in total. The molecule has 1 amide bonds. The molecule has 0 aliphatic carbocycles. The minimum Gasteiger partial charge on any atom is -0.346 e.